The first-order valence-corrected chi connectivity index (χ1v) is 14.7. The van der Waals surface area contributed by atoms with Gasteiger partial charge in [0.05, 0.1) is 24.8 Å². The third kappa shape index (κ3) is 9.30. The Morgan fingerprint density at radius 3 is 2.25 bits per heavy atom. The van der Waals surface area contributed by atoms with E-state index in [4.69, 9.17) is 4.74 Å². The summed E-state index contributed by atoms with van der Waals surface area (Å²) in [5.74, 6) is -1.81. The highest BCUT2D eigenvalue weighted by Gasteiger charge is 2.23. The van der Waals surface area contributed by atoms with Crippen molar-refractivity contribution in [1.82, 2.24) is 10.6 Å². The molecule has 4 aromatic rings. The standard InChI is InChI=1S/C36H38F2N2O4/c1-3-24-8-7-9-25(16-24)22-39-23-34(42)32(19-26-17-29(37)21-30(38)18-26)40-36(43)15-13-33(41)31-20-28(12-14-35(31)44-2)27-10-5-4-6-11-27/h4-12,14,16-18,20-21,32,34,39,42H,3,13,15,19,22-23H2,1-2H3,(H,40,43)/t32-,34+/m0/s1. The Kier molecular flexibility index (Phi) is 11.7. The van der Waals surface area contributed by atoms with Crippen molar-refractivity contribution in [2.75, 3.05) is 13.7 Å². The lowest BCUT2D eigenvalue weighted by Crippen LogP contribution is -2.48. The SMILES string of the molecule is CCc1cccc(CNC[C@@H](O)[C@H](Cc2cc(F)cc(F)c2)NC(=O)CCC(=O)c2cc(-c3ccccc3)ccc2OC)c1. The summed E-state index contributed by atoms with van der Waals surface area (Å²) in [7, 11) is 1.48. The predicted octanol–water partition coefficient (Wildman–Crippen LogP) is 6.04. The van der Waals surface area contributed by atoms with Crippen LogP contribution in [0.4, 0.5) is 8.78 Å². The molecule has 0 unspecified atom stereocenters. The van der Waals surface area contributed by atoms with E-state index in [9.17, 15) is 23.5 Å². The zero-order chi connectivity index (χ0) is 31.5. The van der Waals surface area contributed by atoms with E-state index in [-0.39, 0.29) is 31.6 Å². The topological polar surface area (TPSA) is 87.7 Å². The average molecular weight is 601 g/mol. The van der Waals surface area contributed by atoms with E-state index in [2.05, 4.69) is 23.6 Å². The van der Waals surface area contributed by atoms with Crippen molar-refractivity contribution in [3.63, 3.8) is 0 Å². The smallest absolute Gasteiger partial charge is 0.220 e. The maximum atomic E-state index is 13.9. The highest BCUT2D eigenvalue weighted by atomic mass is 19.1. The van der Waals surface area contributed by atoms with Gasteiger partial charge >= 0.3 is 0 Å². The van der Waals surface area contributed by atoms with Crippen LogP contribution >= 0.6 is 0 Å². The summed E-state index contributed by atoms with van der Waals surface area (Å²) in [5, 5.41) is 17.0. The minimum absolute atomic E-state index is 0.00449. The number of carbonyl (C=O) groups excluding carboxylic acids is 2. The molecule has 2 atom stereocenters. The number of aryl methyl sites for hydroxylation is 1. The fourth-order valence-corrected chi connectivity index (χ4v) is 5.11. The van der Waals surface area contributed by atoms with E-state index in [0.29, 0.717) is 23.4 Å². The molecule has 8 heteroatoms. The number of benzene rings is 4. The number of carbonyl (C=O) groups is 2. The molecule has 0 saturated heterocycles. The Bertz CT molecular complexity index is 1540. The number of Topliss-reactive ketones (excluding diaryl/α,β-unsaturated/α-hetero) is 1. The largest absolute Gasteiger partial charge is 0.496 e. The molecule has 230 valence electrons. The van der Waals surface area contributed by atoms with Gasteiger partial charge in [0.1, 0.15) is 17.4 Å². The quantitative estimate of drug-likeness (QED) is 0.145. The summed E-state index contributed by atoms with van der Waals surface area (Å²) < 4.78 is 33.2. The number of nitrogens with one attached hydrogen (secondary N) is 2. The molecule has 0 bridgehead atoms. The van der Waals surface area contributed by atoms with Gasteiger partial charge < -0.3 is 20.5 Å². The number of ketones is 1. The Hall–Kier alpha value is -4.40. The number of rotatable bonds is 15. The zero-order valence-corrected chi connectivity index (χ0v) is 25.0. The molecule has 0 aliphatic heterocycles. The summed E-state index contributed by atoms with van der Waals surface area (Å²) in [6, 6.07) is 25.3. The molecule has 6 nitrogen and oxygen atoms in total. The predicted molar refractivity (Wildman–Crippen MR) is 168 cm³/mol. The van der Waals surface area contributed by atoms with Crippen LogP contribution in [0.2, 0.25) is 0 Å². The number of ether oxygens (including phenoxy) is 1. The first-order valence-electron chi connectivity index (χ1n) is 14.7. The van der Waals surface area contributed by atoms with Crippen molar-refractivity contribution in [2.45, 2.75) is 51.3 Å². The van der Waals surface area contributed by atoms with Crippen LogP contribution in [0.5, 0.6) is 5.75 Å². The summed E-state index contributed by atoms with van der Waals surface area (Å²) in [6.45, 7) is 2.70. The van der Waals surface area contributed by atoms with Gasteiger partial charge in [0.15, 0.2) is 5.78 Å². The molecule has 0 radical (unpaired) electrons. The van der Waals surface area contributed by atoms with Crippen LogP contribution in [0.3, 0.4) is 0 Å². The number of halogens is 2. The molecule has 0 aromatic heterocycles. The van der Waals surface area contributed by atoms with Gasteiger partial charge in [-0.15, -0.1) is 0 Å². The molecule has 0 spiro atoms. The monoisotopic (exact) mass is 600 g/mol. The van der Waals surface area contributed by atoms with Crippen LogP contribution < -0.4 is 15.4 Å². The highest BCUT2D eigenvalue weighted by molar-refractivity contribution is 6.01. The van der Waals surface area contributed by atoms with E-state index in [1.54, 1.807) is 12.1 Å². The molecule has 0 saturated carbocycles. The second kappa shape index (κ2) is 15.9. The Balaban J connectivity index is 1.42. The molecular formula is C36H38F2N2O4. The fraction of sp³-hybridized carbons (Fsp3) is 0.278. The minimum atomic E-state index is -1.07. The molecular weight excluding hydrogens is 562 g/mol. The van der Waals surface area contributed by atoms with Crippen LogP contribution in [0.15, 0.2) is 91.0 Å². The number of aliphatic hydroxyl groups is 1. The third-order valence-corrected chi connectivity index (χ3v) is 7.46. The average Bonchev–Trinajstić information content (AvgIpc) is 3.03. The van der Waals surface area contributed by atoms with Crippen molar-refractivity contribution >= 4 is 11.7 Å². The Morgan fingerprint density at radius 1 is 0.818 bits per heavy atom. The van der Waals surface area contributed by atoms with Gasteiger partial charge in [0, 0.05) is 32.0 Å². The first-order chi connectivity index (χ1) is 21.2. The van der Waals surface area contributed by atoms with Gasteiger partial charge in [-0.1, -0.05) is 67.6 Å². The van der Waals surface area contributed by atoms with Gasteiger partial charge in [0.25, 0.3) is 0 Å². The van der Waals surface area contributed by atoms with Crippen molar-refractivity contribution in [1.29, 1.82) is 0 Å². The second-order valence-corrected chi connectivity index (χ2v) is 10.7. The fourth-order valence-electron chi connectivity index (χ4n) is 5.11. The summed E-state index contributed by atoms with van der Waals surface area (Å²) in [5.41, 5.74) is 4.69. The number of hydrogen-bond donors (Lipinski definition) is 3. The van der Waals surface area contributed by atoms with Crippen molar-refractivity contribution < 1.29 is 28.2 Å². The number of methoxy groups -OCH3 is 1. The lowest BCUT2D eigenvalue weighted by Gasteiger charge is -2.25. The van der Waals surface area contributed by atoms with Crippen LogP contribution in [0.1, 0.15) is 46.8 Å². The first kappa shape index (κ1) is 32.5. The molecule has 4 rings (SSSR count). The maximum Gasteiger partial charge on any atom is 0.220 e. The van der Waals surface area contributed by atoms with Gasteiger partial charge in [0.2, 0.25) is 5.91 Å². The van der Waals surface area contributed by atoms with Gasteiger partial charge in [-0.25, -0.2) is 8.78 Å². The summed E-state index contributed by atoms with van der Waals surface area (Å²) in [4.78, 5) is 26.3. The highest BCUT2D eigenvalue weighted by Crippen LogP contribution is 2.28. The molecule has 44 heavy (non-hydrogen) atoms. The van der Waals surface area contributed by atoms with E-state index in [1.165, 1.54) is 24.8 Å². The van der Waals surface area contributed by atoms with Crippen molar-refractivity contribution in [3.8, 4) is 16.9 Å². The Morgan fingerprint density at radius 2 is 1.55 bits per heavy atom. The Labute approximate surface area is 257 Å². The molecule has 1 amide bonds. The van der Waals surface area contributed by atoms with E-state index >= 15 is 0 Å². The number of aliphatic hydroxyl groups excluding tert-OH is 1. The van der Waals surface area contributed by atoms with Crippen molar-refractivity contribution in [2.24, 2.45) is 0 Å². The summed E-state index contributed by atoms with van der Waals surface area (Å²) in [6.07, 6.45) is -0.407. The van der Waals surface area contributed by atoms with E-state index < -0.39 is 29.7 Å². The number of hydrogen-bond acceptors (Lipinski definition) is 5. The molecule has 4 aromatic carbocycles. The lowest BCUT2D eigenvalue weighted by atomic mass is 9.98. The van der Waals surface area contributed by atoms with Gasteiger partial charge in [-0.05, 0) is 64.9 Å². The van der Waals surface area contributed by atoms with Crippen LogP contribution in [0.25, 0.3) is 11.1 Å². The molecule has 3 N–H and O–H groups in total. The number of amides is 1. The molecule has 0 fully saturated rings. The molecule has 0 aliphatic carbocycles. The van der Waals surface area contributed by atoms with Gasteiger partial charge in [-0.2, -0.15) is 0 Å². The normalized spacial score (nSPS) is 12.4. The van der Waals surface area contributed by atoms with Gasteiger partial charge in [-0.3, -0.25) is 9.59 Å². The van der Waals surface area contributed by atoms with Crippen LogP contribution in [0, 0.1) is 11.6 Å². The lowest BCUT2D eigenvalue weighted by molar-refractivity contribution is -0.122. The van der Waals surface area contributed by atoms with E-state index in [1.807, 2.05) is 54.6 Å². The maximum absolute atomic E-state index is 13.9. The molecule has 0 heterocycles. The second-order valence-electron chi connectivity index (χ2n) is 10.7. The van der Waals surface area contributed by atoms with Crippen molar-refractivity contribution in [3.05, 3.63) is 125 Å². The third-order valence-electron chi connectivity index (χ3n) is 7.46. The molecule has 0 aliphatic rings. The van der Waals surface area contributed by atoms with Crippen LogP contribution in [-0.2, 0) is 24.2 Å². The van der Waals surface area contributed by atoms with E-state index in [0.717, 1.165) is 29.2 Å². The van der Waals surface area contributed by atoms with Crippen LogP contribution in [-0.4, -0.2) is 42.6 Å². The minimum Gasteiger partial charge on any atom is -0.496 e. The zero-order valence-electron chi connectivity index (χ0n) is 25.0. The summed E-state index contributed by atoms with van der Waals surface area (Å²) >= 11 is 0.